The van der Waals surface area contributed by atoms with Gasteiger partial charge in [0.15, 0.2) is 0 Å². The van der Waals surface area contributed by atoms with Crippen LogP contribution < -0.4 is 10.1 Å². The molecule has 0 spiro atoms. The number of aromatic carboxylic acids is 1. The van der Waals surface area contributed by atoms with Crippen molar-refractivity contribution < 1.29 is 19.4 Å². The van der Waals surface area contributed by atoms with Gasteiger partial charge in [0.2, 0.25) is 0 Å². The van der Waals surface area contributed by atoms with E-state index in [2.05, 4.69) is 5.32 Å². The van der Waals surface area contributed by atoms with Crippen LogP contribution in [0.25, 0.3) is 6.08 Å². The summed E-state index contributed by atoms with van der Waals surface area (Å²) in [6.45, 7) is 0.308. The highest BCUT2D eigenvalue weighted by molar-refractivity contribution is 6.01. The minimum absolute atomic E-state index is 0.0871. The molecule has 0 saturated heterocycles. The fourth-order valence-electron chi connectivity index (χ4n) is 3.22. The van der Waals surface area contributed by atoms with Gasteiger partial charge in [-0.2, -0.15) is 5.26 Å². The van der Waals surface area contributed by atoms with Gasteiger partial charge in [0, 0.05) is 6.04 Å². The van der Waals surface area contributed by atoms with Crippen LogP contribution in [0, 0.1) is 11.3 Å². The van der Waals surface area contributed by atoms with Gasteiger partial charge in [0.05, 0.1) is 5.56 Å². The third-order valence-electron chi connectivity index (χ3n) is 4.85. The molecule has 1 amide bonds. The van der Waals surface area contributed by atoms with E-state index in [1.54, 1.807) is 42.5 Å². The van der Waals surface area contributed by atoms with E-state index in [4.69, 9.17) is 9.84 Å². The highest BCUT2D eigenvalue weighted by atomic mass is 16.5. The zero-order valence-corrected chi connectivity index (χ0v) is 15.9. The standard InChI is InChI=1S/C23H22N2O4/c24-14-19(22(26)25-20-3-1-2-4-20)13-16-7-11-21(12-8-16)29-15-17-5-9-18(10-6-17)23(27)28/h5-13,20H,1-4,15H2,(H,25,26)(H,27,28)/b19-13-. The molecule has 148 valence electrons. The van der Waals surface area contributed by atoms with Gasteiger partial charge in [-0.3, -0.25) is 4.79 Å². The third kappa shape index (κ3) is 5.69. The molecule has 0 aliphatic heterocycles. The van der Waals surface area contributed by atoms with E-state index in [1.165, 1.54) is 12.1 Å². The number of nitrogens with zero attached hydrogens (tertiary/aromatic N) is 1. The van der Waals surface area contributed by atoms with Crippen molar-refractivity contribution in [1.82, 2.24) is 5.32 Å². The summed E-state index contributed by atoms with van der Waals surface area (Å²) in [5.41, 5.74) is 1.91. The number of hydrogen-bond donors (Lipinski definition) is 2. The van der Waals surface area contributed by atoms with Crippen LogP contribution in [0.2, 0.25) is 0 Å². The maximum atomic E-state index is 12.3. The van der Waals surface area contributed by atoms with Crippen molar-refractivity contribution in [1.29, 1.82) is 5.26 Å². The summed E-state index contributed by atoms with van der Waals surface area (Å²) in [5, 5.41) is 21.1. The fraction of sp³-hybridized carbons (Fsp3) is 0.261. The first kappa shape index (κ1) is 20.2. The second-order valence-corrected chi connectivity index (χ2v) is 6.98. The van der Waals surface area contributed by atoms with E-state index in [1.807, 2.05) is 6.07 Å². The minimum Gasteiger partial charge on any atom is -0.489 e. The molecular formula is C23H22N2O4. The lowest BCUT2D eigenvalue weighted by molar-refractivity contribution is -0.117. The number of nitrogens with one attached hydrogen (secondary N) is 1. The quantitative estimate of drug-likeness (QED) is 0.551. The summed E-state index contributed by atoms with van der Waals surface area (Å²) < 4.78 is 5.70. The Morgan fingerprint density at radius 3 is 2.34 bits per heavy atom. The topological polar surface area (TPSA) is 99.4 Å². The molecule has 1 aliphatic carbocycles. The maximum Gasteiger partial charge on any atom is 0.335 e. The predicted molar refractivity (Wildman–Crippen MR) is 108 cm³/mol. The van der Waals surface area contributed by atoms with Crippen LogP contribution >= 0.6 is 0 Å². The molecule has 2 N–H and O–H groups in total. The van der Waals surface area contributed by atoms with Crippen molar-refractivity contribution in [3.8, 4) is 11.8 Å². The van der Waals surface area contributed by atoms with E-state index in [-0.39, 0.29) is 23.1 Å². The molecule has 0 radical (unpaired) electrons. The Kier molecular flexibility index (Phi) is 6.64. The van der Waals surface area contributed by atoms with Gasteiger partial charge in [-0.05, 0) is 54.3 Å². The first-order valence-corrected chi connectivity index (χ1v) is 9.53. The summed E-state index contributed by atoms with van der Waals surface area (Å²) >= 11 is 0. The van der Waals surface area contributed by atoms with Gasteiger partial charge in [-0.25, -0.2) is 4.79 Å². The van der Waals surface area contributed by atoms with Gasteiger partial charge in [0.25, 0.3) is 5.91 Å². The smallest absolute Gasteiger partial charge is 0.335 e. The molecule has 0 atom stereocenters. The Morgan fingerprint density at radius 2 is 1.76 bits per heavy atom. The number of amides is 1. The van der Waals surface area contributed by atoms with E-state index < -0.39 is 5.97 Å². The van der Waals surface area contributed by atoms with Gasteiger partial charge < -0.3 is 15.2 Å². The molecular weight excluding hydrogens is 368 g/mol. The molecule has 0 bridgehead atoms. The average Bonchev–Trinajstić information content (AvgIpc) is 3.24. The van der Waals surface area contributed by atoms with Crippen molar-refractivity contribution in [2.24, 2.45) is 0 Å². The van der Waals surface area contributed by atoms with Crippen LogP contribution in [0.1, 0.15) is 47.2 Å². The van der Waals surface area contributed by atoms with Crippen molar-refractivity contribution in [2.75, 3.05) is 0 Å². The second-order valence-electron chi connectivity index (χ2n) is 6.98. The molecule has 29 heavy (non-hydrogen) atoms. The van der Waals surface area contributed by atoms with E-state index >= 15 is 0 Å². The Morgan fingerprint density at radius 1 is 1.10 bits per heavy atom. The molecule has 0 aromatic heterocycles. The number of benzene rings is 2. The summed E-state index contributed by atoms with van der Waals surface area (Å²) in [4.78, 5) is 23.1. The molecule has 6 heteroatoms. The molecule has 1 aliphatic rings. The van der Waals surface area contributed by atoms with Crippen molar-refractivity contribution in [3.05, 3.63) is 70.8 Å². The molecule has 1 saturated carbocycles. The summed E-state index contributed by atoms with van der Waals surface area (Å²) in [7, 11) is 0. The zero-order valence-electron chi connectivity index (χ0n) is 15.9. The lowest BCUT2D eigenvalue weighted by Gasteiger charge is -2.11. The molecule has 0 heterocycles. The van der Waals surface area contributed by atoms with Crippen LogP contribution in [0.4, 0.5) is 0 Å². The molecule has 2 aromatic rings. The Labute approximate surface area is 169 Å². The zero-order chi connectivity index (χ0) is 20.6. The molecule has 0 unspecified atom stereocenters. The van der Waals surface area contributed by atoms with E-state index in [0.717, 1.165) is 36.8 Å². The number of rotatable bonds is 7. The molecule has 2 aromatic carbocycles. The van der Waals surface area contributed by atoms with E-state index in [0.29, 0.717) is 12.4 Å². The van der Waals surface area contributed by atoms with Crippen LogP contribution in [0.5, 0.6) is 5.75 Å². The molecule has 6 nitrogen and oxygen atoms in total. The predicted octanol–water partition coefficient (Wildman–Crippen LogP) is 3.93. The van der Waals surface area contributed by atoms with Crippen molar-refractivity contribution in [3.63, 3.8) is 0 Å². The Hall–Kier alpha value is -3.59. The number of carbonyl (C=O) groups excluding carboxylic acids is 1. The van der Waals surface area contributed by atoms with Gasteiger partial charge in [-0.15, -0.1) is 0 Å². The van der Waals surface area contributed by atoms with Crippen molar-refractivity contribution in [2.45, 2.75) is 38.3 Å². The highest BCUT2D eigenvalue weighted by Gasteiger charge is 2.19. The van der Waals surface area contributed by atoms with Crippen LogP contribution in [0.3, 0.4) is 0 Å². The monoisotopic (exact) mass is 390 g/mol. The minimum atomic E-state index is -0.963. The van der Waals surface area contributed by atoms with Gasteiger partial charge in [0.1, 0.15) is 24.0 Å². The normalized spacial score (nSPS) is 14.2. The third-order valence-corrected chi connectivity index (χ3v) is 4.85. The Balaban J connectivity index is 1.58. The van der Waals surface area contributed by atoms with Crippen LogP contribution in [0.15, 0.2) is 54.1 Å². The average molecular weight is 390 g/mol. The lowest BCUT2D eigenvalue weighted by Crippen LogP contribution is -2.33. The molecule has 3 rings (SSSR count). The first-order chi connectivity index (χ1) is 14.0. The van der Waals surface area contributed by atoms with Crippen LogP contribution in [-0.4, -0.2) is 23.0 Å². The number of nitriles is 1. The van der Waals surface area contributed by atoms with E-state index in [9.17, 15) is 14.9 Å². The summed E-state index contributed by atoms with van der Waals surface area (Å²) in [5.74, 6) is -0.655. The number of hydrogen-bond acceptors (Lipinski definition) is 4. The first-order valence-electron chi connectivity index (χ1n) is 9.53. The van der Waals surface area contributed by atoms with Crippen molar-refractivity contribution >= 4 is 18.0 Å². The SMILES string of the molecule is N#C/C(=C/c1ccc(OCc2ccc(C(=O)O)cc2)cc1)C(=O)NC1CCCC1. The number of carboxylic acid groups (broad SMARTS) is 1. The fourth-order valence-corrected chi connectivity index (χ4v) is 3.22. The molecule has 1 fully saturated rings. The largest absolute Gasteiger partial charge is 0.489 e. The second kappa shape index (κ2) is 9.56. The highest BCUT2D eigenvalue weighted by Crippen LogP contribution is 2.19. The Bertz CT molecular complexity index is 934. The van der Waals surface area contributed by atoms with Gasteiger partial charge in [-0.1, -0.05) is 37.1 Å². The number of ether oxygens (including phenoxy) is 1. The van der Waals surface area contributed by atoms with Crippen LogP contribution in [-0.2, 0) is 11.4 Å². The number of carboxylic acids is 1. The lowest BCUT2D eigenvalue weighted by atomic mass is 10.1. The maximum absolute atomic E-state index is 12.3. The summed E-state index contributed by atoms with van der Waals surface area (Å²) in [6.07, 6.45) is 5.73. The summed E-state index contributed by atoms with van der Waals surface area (Å²) in [6, 6.07) is 15.7. The van der Waals surface area contributed by atoms with Gasteiger partial charge >= 0.3 is 5.97 Å². The number of carbonyl (C=O) groups is 2.